The second kappa shape index (κ2) is 5.06. The summed E-state index contributed by atoms with van der Waals surface area (Å²) in [6.07, 6.45) is 0.593. The molecular weight excluding hydrogens is 215 g/mol. The monoisotopic (exact) mass is 232 g/mol. The number of hydrogen-bond donors (Lipinski definition) is 0. The predicted molar refractivity (Wildman–Crippen MR) is 58.0 cm³/mol. The van der Waals surface area contributed by atoms with Gasteiger partial charge in [-0.1, -0.05) is 12.2 Å². The number of carbonyl (C=O) groups excluding carboxylic acids is 1. The molecule has 0 spiro atoms. The topological polar surface area (TPSA) is 52.6 Å². The van der Waals surface area contributed by atoms with E-state index in [4.69, 9.17) is 9.05 Å². The van der Waals surface area contributed by atoms with E-state index >= 15 is 0 Å². The third-order valence-corrected chi connectivity index (χ3v) is 4.19. The van der Waals surface area contributed by atoms with Gasteiger partial charge < -0.3 is 9.05 Å². The number of Topliss-reactive ketones (excluding diaryl/α,β-unsaturated/α-hetero) is 1. The summed E-state index contributed by atoms with van der Waals surface area (Å²) in [5, 5.41) is 0. The van der Waals surface area contributed by atoms with Gasteiger partial charge in [0.2, 0.25) is 0 Å². The van der Waals surface area contributed by atoms with Crippen LogP contribution in [0.25, 0.3) is 0 Å². The summed E-state index contributed by atoms with van der Waals surface area (Å²) in [5.41, 5.74) is 0.916. The van der Waals surface area contributed by atoms with Gasteiger partial charge in [-0.05, 0) is 20.3 Å². The van der Waals surface area contributed by atoms with Crippen LogP contribution < -0.4 is 0 Å². The van der Waals surface area contributed by atoms with Crippen molar-refractivity contribution in [2.24, 2.45) is 5.92 Å². The van der Waals surface area contributed by atoms with E-state index < -0.39 is 7.60 Å². The van der Waals surface area contributed by atoms with E-state index in [9.17, 15) is 9.36 Å². The highest BCUT2D eigenvalue weighted by Gasteiger charge is 2.39. The smallest absolute Gasteiger partial charge is 0.309 e. The SMILES string of the molecule is C=C1C[C@@H]1C(=O)CP(=O)(OCC)OCC. The highest BCUT2D eigenvalue weighted by atomic mass is 31.2. The van der Waals surface area contributed by atoms with Gasteiger partial charge in [0.05, 0.1) is 13.2 Å². The zero-order chi connectivity index (χ0) is 11.5. The van der Waals surface area contributed by atoms with E-state index in [-0.39, 0.29) is 31.1 Å². The Hall–Kier alpha value is -0.440. The van der Waals surface area contributed by atoms with Crippen molar-refractivity contribution in [2.45, 2.75) is 20.3 Å². The lowest BCUT2D eigenvalue weighted by atomic mass is 10.3. The minimum absolute atomic E-state index is 0.0785. The molecule has 0 amide bonds. The van der Waals surface area contributed by atoms with Crippen LogP contribution in [0.4, 0.5) is 0 Å². The molecule has 0 radical (unpaired) electrons. The van der Waals surface area contributed by atoms with Crippen molar-refractivity contribution in [2.75, 3.05) is 19.4 Å². The van der Waals surface area contributed by atoms with Gasteiger partial charge in [0, 0.05) is 5.92 Å². The summed E-state index contributed by atoms with van der Waals surface area (Å²) in [4.78, 5) is 11.6. The first-order chi connectivity index (χ1) is 7.02. The van der Waals surface area contributed by atoms with Crippen LogP contribution in [0.5, 0.6) is 0 Å². The number of rotatable bonds is 7. The van der Waals surface area contributed by atoms with Crippen LogP contribution in [0.1, 0.15) is 20.3 Å². The van der Waals surface area contributed by atoms with Gasteiger partial charge in [0.25, 0.3) is 0 Å². The fraction of sp³-hybridized carbons (Fsp3) is 0.700. The number of carbonyl (C=O) groups is 1. The first-order valence-corrected chi connectivity index (χ1v) is 6.83. The minimum atomic E-state index is -3.21. The van der Waals surface area contributed by atoms with Crippen LogP contribution in [0.3, 0.4) is 0 Å². The molecule has 0 aromatic carbocycles. The van der Waals surface area contributed by atoms with Crippen molar-refractivity contribution in [3.05, 3.63) is 12.2 Å². The third kappa shape index (κ3) is 3.56. The number of hydrogen-bond acceptors (Lipinski definition) is 4. The van der Waals surface area contributed by atoms with E-state index in [0.29, 0.717) is 0 Å². The Morgan fingerprint density at radius 3 is 2.27 bits per heavy atom. The van der Waals surface area contributed by atoms with Crippen molar-refractivity contribution in [1.29, 1.82) is 0 Å². The second-order valence-electron chi connectivity index (χ2n) is 3.49. The molecule has 1 saturated carbocycles. The van der Waals surface area contributed by atoms with Crippen LogP contribution >= 0.6 is 7.60 Å². The second-order valence-corrected chi connectivity index (χ2v) is 5.54. The van der Waals surface area contributed by atoms with Crippen molar-refractivity contribution >= 4 is 13.4 Å². The lowest BCUT2D eigenvalue weighted by Gasteiger charge is -2.15. The summed E-state index contributed by atoms with van der Waals surface area (Å²) >= 11 is 0. The molecule has 1 atom stereocenters. The minimum Gasteiger partial charge on any atom is -0.309 e. The van der Waals surface area contributed by atoms with Crippen LogP contribution in [0.15, 0.2) is 12.2 Å². The fourth-order valence-electron chi connectivity index (χ4n) is 1.37. The van der Waals surface area contributed by atoms with Crippen LogP contribution in [0, 0.1) is 5.92 Å². The molecule has 0 aromatic rings. The van der Waals surface area contributed by atoms with Crippen molar-refractivity contribution in [1.82, 2.24) is 0 Å². The van der Waals surface area contributed by atoms with Gasteiger partial charge >= 0.3 is 7.60 Å². The van der Waals surface area contributed by atoms with Crippen molar-refractivity contribution in [3.63, 3.8) is 0 Å². The fourth-order valence-corrected chi connectivity index (χ4v) is 3.01. The molecular formula is C10H17O4P. The van der Waals surface area contributed by atoms with Gasteiger partial charge in [-0.25, -0.2) is 0 Å². The standard InChI is InChI=1S/C10H17O4P/c1-4-13-15(12,14-5-2)7-10(11)9-6-8(9)3/h9H,3-7H2,1-2H3/t9-/m0/s1. The molecule has 0 N–H and O–H groups in total. The lowest BCUT2D eigenvalue weighted by Crippen LogP contribution is -2.11. The zero-order valence-corrected chi connectivity index (χ0v) is 10.1. The molecule has 0 aliphatic heterocycles. The summed E-state index contributed by atoms with van der Waals surface area (Å²) < 4.78 is 22.0. The Morgan fingerprint density at radius 2 is 1.93 bits per heavy atom. The quantitative estimate of drug-likeness (QED) is 0.499. The van der Waals surface area contributed by atoms with E-state index in [0.717, 1.165) is 12.0 Å². The average Bonchev–Trinajstić information content (AvgIpc) is 2.83. The van der Waals surface area contributed by atoms with Gasteiger partial charge in [-0.15, -0.1) is 0 Å². The third-order valence-electron chi connectivity index (χ3n) is 2.19. The molecule has 15 heavy (non-hydrogen) atoms. The molecule has 1 aliphatic carbocycles. The van der Waals surface area contributed by atoms with Gasteiger partial charge in [-0.3, -0.25) is 9.36 Å². The maximum absolute atomic E-state index is 12.0. The molecule has 0 bridgehead atoms. The maximum atomic E-state index is 12.0. The highest BCUT2D eigenvalue weighted by molar-refractivity contribution is 7.54. The Kier molecular flexibility index (Phi) is 4.26. The molecule has 0 saturated heterocycles. The molecule has 0 heterocycles. The zero-order valence-electron chi connectivity index (χ0n) is 9.19. The van der Waals surface area contributed by atoms with Crippen LogP contribution in [-0.4, -0.2) is 25.2 Å². The molecule has 4 nitrogen and oxygen atoms in total. The van der Waals surface area contributed by atoms with Gasteiger partial charge in [0.15, 0.2) is 5.78 Å². The van der Waals surface area contributed by atoms with E-state index in [1.165, 1.54) is 0 Å². The molecule has 86 valence electrons. The van der Waals surface area contributed by atoms with Crippen molar-refractivity contribution < 1.29 is 18.4 Å². The summed E-state index contributed by atoms with van der Waals surface area (Å²) in [6, 6.07) is 0. The first-order valence-electron chi connectivity index (χ1n) is 5.11. The largest absolute Gasteiger partial charge is 0.338 e. The normalized spacial score (nSPS) is 20.4. The lowest BCUT2D eigenvalue weighted by molar-refractivity contribution is -0.117. The Bertz CT molecular complexity index is 301. The average molecular weight is 232 g/mol. The van der Waals surface area contributed by atoms with Gasteiger partial charge in [0.1, 0.15) is 6.16 Å². The first kappa shape index (κ1) is 12.6. The van der Waals surface area contributed by atoms with E-state index in [1.807, 2.05) is 0 Å². The number of allylic oxidation sites excluding steroid dienone is 1. The molecule has 0 aromatic heterocycles. The molecule has 1 rings (SSSR count). The maximum Gasteiger partial charge on any atom is 0.338 e. The Morgan fingerprint density at radius 1 is 1.47 bits per heavy atom. The van der Waals surface area contributed by atoms with E-state index in [2.05, 4.69) is 6.58 Å². The number of ketones is 1. The van der Waals surface area contributed by atoms with Crippen molar-refractivity contribution in [3.8, 4) is 0 Å². The summed E-state index contributed by atoms with van der Waals surface area (Å²) in [7, 11) is -3.21. The Balaban J connectivity index is 2.54. The predicted octanol–water partition coefficient (Wildman–Crippen LogP) is 2.40. The van der Waals surface area contributed by atoms with Crippen LogP contribution in [-0.2, 0) is 18.4 Å². The highest BCUT2D eigenvalue weighted by Crippen LogP contribution is 2.50. The van der Waals surface area contributed by atoms with E-state index in [1.54, 1.807) is 13.8 Å². The molecule has 1 aliphatic rings. The van der Waals surface area contributed by atoms with Gasteiger partial charge in [-0.2, -0.15) is 0 Å². The molecule has 0 unspecified atom stereocenters. The molecule has 5 heteroatoms. The summed E-state index contributed by atoms with van der Waals surface area (Å²) in [5.74, 6) is -0.190. The Labute approximate surface area is 90.2 Å². The molecule has 1 fully saturated rings. The van der Waals surface area contributed by atoms with Crippen LogP contribution in [0.2, 0.25) is 0 Å². The summed E-state index contributed by atoms with van der Waals surface area (Å²) in [6.45, 7) is 7.73.